The highest BCUT2D eigenvalue weighted by Gasteiger charge is 2.14. The van der Waals surface area contributed by atoms with E-state index in [2.05, 4.69) is 55.5 Å². The van der Waals surface area contributed by atoms with E-state index in [0.29, 0.717) is 5.56 Å². The maximum Gasteiger partial charge on any atom is 0.0991 e. The zero-order chi connectivity index (χ0) is 19.2. The summed E-state index contributed by atoms with van der Waals surface area (Å²) in [6, 6.07) is 11.7. The standard InChI is InChI=1S/C24H22N2S/c1-4-5-20-12-17(2)13-22(21-10-11-27-16-21)14-24(20)18(3)26-23-8-6-19(15-25)7-9-23/h4,6-11,13-14,16H,1,5,12H2,2-3H3. The first-order valence-corrected chi connectivity index (χ1v) is 9.85. The molecule has 0 amide bonds. The van der Waals surface area contributed by atoms with Crippen LogP contribution in [0.3, 0.4) is 0 Å². The number of benzene rings is 1. The first kappa shape index (κ1) is 18.8. The summed E-state index contributed by atoms with van der Waals surface area (Å²) in [6.45, 7) is 8.17. The molecule has 0 N–H and O–H groups in total. The Morgan fingerprint density at radius 3 is 2.67 bits per heavy atom. The molecule has 134 valence electrons. The molecule has 0 saturated carbocycles. The van der Waals surface area contributed by atoms with Crippen molar-refractivity contribution in [3.05, 3.63) is 93.7 Å². The van der Waals surface area contributed by atoms with Crippen molar-refractivity contribution in [1.82, 2.24) is 0 Å². The molecule has 3 heteroatoms. The molecule has 0 bridgehead atoms. The van der Waals surface area contributed by atoms with Crippen LogP contribution in [0.5, 0.6) is 0 Å². The van der Waals surface area contributed by atoms with Crippen LogP contribution in [0.15, 0.2) is 87.6 Å². The van der Waals surface area contributed by atoms with Crippen LogP contribution >= 0.6 is 11.3 Å². The molecule has 0 fully saturated rings. The van der Waals surface area contributed by atoms with Crippen LogP contribution in [0, 0.1) is 11.3 Å². The zero-order valence-electron chi connectivity index (χ0n) is 15.7. The summed E-state index contributed by atoms with van der Waals surface area (Å²) in [5.41, 5.74) is 8.79. The average Bonchev–Trinajstić information content (AvgIpc) is 3.14. The molecule has 1 aromatic heterocycles. The molecule has 0 unspecified atom stereocenters. The third-order valence-corrected chi connectivity index (χ3v) is 5.19. The molecule has 1 heterocycles. The molecule has 1 aromatic carbocycles. The second-order valence-corrected chi connectivity index (χ2v) is 7.43. The normalized spacial score (nSPS) is 14.9. The van der Waals surface area contributed by atoms with Crippen molar-refractivity contribution in [3.8, 4) is 6.07 Å². The highest BCUT2D eigenvalue weighted by Crippen LogP contribution is 2.32. The van der Waals surface area contributed by atoms with E-state index in [1.54, 1.807) is 23.5 Å². The van der Waals surface area contributed by atoms with E-state index in [-0.39, 0.29) is 0 Å². The lowest BCUT2D eigenvalue weighted by molar-refractivity contribution is 1.04. The van der Waals surface area contributed by atoms with Crippen LogP contribution in [0.25, 0.3) is 5.57 Å². The van der Waals surface area contributed by atoms with Crippen molar-refractivity contribution in [1.29, 1.82) is 5.26 Å². The minimum absolute atomic E-state index is 0.645. The summed E-state index contributed by atoms with van der Waals surface area (Å²) in [4.78, 5) is 4.82. The molecule has 2 nitrogen and oxygen atoms in total. The molecule has 0 radical (unpaired) electrons. The van der Waals surface area contributed by atoms with Gasteiger partial charge in [-0.05, 0) is 90.6 Å². The Labute approximate surface area is 165 Å². The van der Waals surface area contributed by atoms with Crippen molar-refractivity contribution >= 4 is 28.3 Å². The molecule has 0 saturated heterocycles. The summed E-state index contributed by atoms with van der Waals surface area (Å²) in [5.74, 6) is 0. The average molecular weight is 371 g/mol. The second kappa shape index (κ2) is 8.62. The third kappa shape index (κ3) is 4.61. The Morgan fingerprint density at radius 1 is 1.26 bits per heavy atom. The predicted molar refractivity (Wildman–Crippen MR) is 116 cm³/mol. The maximum atomic E-state index is 8.97. The molecular formula is C24H22N2S. The number of nitrogens with zero attached hydrogens (tertiary/aromatic N) is 2. The molecular weight excluding hydrogens is 348 g/mol. The topological polar surface area (TPSA) is 36.1 Å². The van der Waals surface area contributed by atoms with Gasteiger partial charge in [0.1, 0.15) is 0 Å². The van der Waals surface area contributed by atoms with E-state index in [1.807, 2.05) is 18.2 Å². The molecule has 0 aliphatic heterocycles. The van der Waals surface area contributed by atoms with E-state index in [4.69, 9.17) is 10.3 Å². The van der Waals surface area contributed by atoms with E-state index < -0.39 is 0 Å². The van der Waals surface area contributed by atoms with Crippen molar-refractivity contribution in [2.24, 2.45) is 4.99 Å². The van der Waals surface area contributed by atoms with Crippen molar-refractivity contribution in [2.75, 3.05) is 0 Å². The molecule has 1 aliphatic rings. The van der Waals surface area contributed by atoms with Gasteiger partial charge in [0.25, 0.3) is 0 Å². The van der Waals surface area contributed by atoms with E-state index in [1.165, 1.54) is 27.9 Å². The third-order valence-electron chi connectivity index (χ3n) is 4.50. The Morgan fingerprint density at radius 2 is 2.04 bits per heavy atom. The van der Waals surface area contributed by atoms with Gasteiger partial charge < -0.3 is 0 Å². The Balaban J connectivity index is 2.07. The van der Waals surface area contributed by atoms with Crippen LogP contribution in [0.2, 0.25) is 0 Å². The zero-order valence-corrected chi connectivity index (χ0v) is 16.5. The highest BCUT2D eigenvalue weighted by atomic mass is 32.1. The van der Waals surface area contributed by atoms with Gasteiger partial charge in [0.15, 0.2) is 0 Å². The fourth-order valence-electron chi connectivity index (χ4n) is 3.22. The predicted octanol–water partition coefficient (Wildman–Crippen LogP) is 7.02. The molecule has 1 aliphatic carbocycles. The van der Waals surface area contributed by atoms with E-state index in [0.717, 1.165) is 24.2 Å². The summed E-state index contributed by atoms with van der Waals surface area (Å²) in [5, 5.41) is 13.3. The fourth-order valence-corrected chi connectivity index (χ4v) is 3.89. The number of nitriles is 1. The SMILES string of the molecule is C=CCC1=C(C(C)=Nc2ccc(C#N)cc2)C=C(c2ccsc2)C=C(C)C1. The molecule has 0 atom stereocenters. The number of allylic oxidation sites excluding steroid dienone is 7. The van der Waals surface area contributed by atoms with Crippen LogP contribution in [-0.2, 0) is 0 Å². The lowest BCUT2D eigenvalue weighted by Gasteiger charge is -2.11. The van der Waals surface area contributed by atoms with Crippen LogP contribution in [0.1, 0.15) is 37.8 Å². The van der Waals surface area contributed by atoms with Gasteiger partial charge in [-0.3, -0.25) is 4.99 Å². The number of hydrogen-bond acceptors (Lipinski definition) is 3. The highest BCUT2D eigenvalue weighted by molar-refractivity contribution is 7.08. The van der Waals surface area contributed by atoms with Gasteiger partial charge in [0.05, 0.1) is 17.3 Å². The summed E-state index contributed by atoms with van der Waals surface area (Å²) < 4.78 is 0. The molecule has 3 rings (SSSR count). The minimum Gasteiger partial charge on any atom is -0.253 e. The first-order valence-electron chi connectivity index (χ1n) is 8.91. The summed E-state index contributed by atoms with van der Waals surface area (Å²) >= 11 is 1.71. The minimum atomic E-state index is 0.645. The quantitative estimate of drug-likeness (QED) is 0.411. The van der Waals surface area contributed by atoms with E-state index in [9.17, 15) is 0 Å². The number of thiophene rings is 1. The summed E-state index contributed by atoms with van der Waals surface area (Å²) in [7, 11) is 0. The summed E-state index contributed by atoms with van der Waals surface area (Å²) in [6.07, 6.45) is 8.24. The molecule has 2 aromatic rings. The second-order valence-electron chi connectivity index (χ2n) is 6.65. The van der Waals surface area contributed by atoms with Gasteiger partial charge in [-0.25, -0.2) is 0 Å². The van der Waals surface area contributed by atoms with Gasteiger partial charge in [0.2, 0.25) is 0 Å². The van der Waals surface area contributed by atoms with Gasteiger partial charge in [-0.1, -0.05) is 23.3 Å². The monoisotopic (exact) mass is 370 g/mol. The van der Waals surface area contributed by atoms with Gasteiger partial charge in [-0.15, -0.1) is 6.58 Å². The van der Waals surface area contributed by atoms with Crippen LogP contribution < -0.4 is 0 Å². The van der Waals surface area contributed by atoms with Crippen LogP contribution in [0.4, 0.5) is 5.69 Å². The number of rotatable bonds is 5. The number of aliphatic imine (C=N–C) groups is 1. The van der Waals surface area contributed by atoms with E-state index >= 15 is 0 Å². The van der Waals surface area contributed by atoms with Gasteiger partial charge in [0, 0.05) is 5.71 Å². The van der Waals surface area contributed by atoms with Crippen LogP contribution in [-0.4, -0.2) is 5.71 Å². The first-order chi connectivity index (χ1) is 13.1. The molecule has 27 heavy (non-hydrogen) atoms. The molecule has 0 spiro atoms. The lowest BCUT2D eigenvalue weighted by Crippen LogP contribution is -2.00. The van der Waals surface area contributed by atoms with Crippen molar-refractivity contribution < 1.29 is 0 Å². The Kier molecular flexibility index (Phi) is 6.01. The Hall–Kier alpha value is -2.96. The van der Waals surface area contributed by atoms with Gasteiger partial charge in [-0.2, -0.15) is 16.6 Å². The number of hydrogen-bond donors (Lipinski definition) is 0. The van der Waals surface area contributed by atoms with Crippen molar-refractivity contribution in [3.63, 3.8) is 0 Å². The fraction of sp³-hybridized carbons (Fsp3) is 0.167. The smallest absolute Gasteiger partial charge is 0.0991 e. The Bertz CT molecular complexity index is 992. The van der Waals surface area contributed by atoms with Gasteiger partial charge >= 0.3 is 0 Å². The lowest BCUT2D eigenvalue weighted by atomic mass is 9.96. The van der Waals surface area contributed by atoms with Crippen molar-refractivity contribution in [2.45, 2.75) is 26.7 Å². The maximum absolute atomic E-state index is 8.97. The largest absolute Gasteiger partial charge is 0.253 e.